The van der Waals surface area contributed by atoms with Crippen molar-refractivity contribution in [1.29, 1.82) is 0 Å². The first-order chi connectivity index (χ1) is 9.77. The van der Waals surface area contributed by atoms with Crippen LogP contribution in [0.1, 0.15) is 36.4 Å². The molecule has 21 heavy (non-hydrogen) atoms. The lowest BCUT2D eigenvalue weighted by Crippen LogP contribution is -2.33. The molecule has 1 fully saturated rings. The van der Waals surface area contributed by atoms with Crippen molar-refractivity contribution in [3.05, 3.63) is 35.1 Å². The number of carboxylic acid groups (broad SMARTS) is 1. The molecule has 0 saturated carbocycles. The van der Waals surface area contributed by atoms with E-state index in [9.17, 15) is 22.4 Å². The molecule has 7 heteroatoms. The van der Waals surface area contributed by atoms with Crippen molar-refractivity contribution >= 4 is 5.97 Å². The maximum Gasteiger partial charge on any atom is 0.416 e. The highest BCUT2D eigenvalue weighted by molar-refractivity contribution is 5.67. The standard InChI is InChI=1S/C14H15F4NO2/c15-11-7-9(14(16,17)18)1-2-10(11)12-5-8(3-4-19-12)6-13(20)21/h1-2,7-8,12,19H,3-6H2,(H,20,21). The summed E-state index contributed by atoms with van der Waals surface area (Å²) in [5.41, 5.74) is -0.875. The van der Waals surface area contributed by atoms with Crippen LogP contribution in [0.4, 0.5) is 17.6 Å². The van der Waals surface area contributed by atoms with E-state index in [1.807, 2.05) is 0 Å². The molecule has 2 atom stereocenters. The van der Waals surface area contributed by atoms with E-state index in [-0.39, 0.29) is 17.9 Å². The summed E-state index contributed by atoms with van der Waals surface area (Å²) in [4.78, 5) is 10.7. The maximum absolute atomic E-state index is 13.9. The Morgan fingerprint density at radius 2 is 2.10 bits per heavy atom. The third-order valence-electron chi connectivity index (χ3n) is 3.68. The summed E-state index contributed by atoms with van der Waals surface area (Å²) in [6.45, 7) is 0.517. The lowest BCUT2D eigenvalue weighted by molar-refractivity contribution is -0.139. The van der Waals surface area contributed by atoms with Crippen molar-refractivity contribution in [3.63, 3.8) is 0 Å². The van der Waals surface area contributed by atoms with Crippen molar-refractivity contribution in [2.75, 3.05) is 6.54 Å². The molecule has 0 amide bonds. The molecule has 0 radical (unpaired) electrons. The average molecular weight is 305 g/mol. The van der Waals surface area contributed by atoms with Gasteiger partial charge in [-0.15, -0.1) is 0 Å². The second-order valence-corrected chi connectivity index (χ2v) is 5.23. The molecule has 0 bridgehead atoms. The van der Waals surface area contributed by atoms with E-state index in [0.29, 0.717) is 25.5 Å². The number of piperidine rings is 1. The van der Waals surface area contributed by atoms with Gasteiger partial charge in [-0.1, -0.05) is 6.07 Å². The van der Waals surface area contributed by atoms with Gasteiger partial charge in [-0.05, 0) is 37.4 Å². The Bertz CT molecular complexity index is 530. The van der Waals surface area contributed by atoms with Crippen LogP contribution in [-0.4, -0.2) is 17.6 Å². The summed E-state index contributed by atoms with van der Waals surface area (Å²) in [5, 5.41) is 11.8. The summed E-state index contributed by atoms with van der Waals surface area (Å²) in [6, 6.07) is 2.00. The smallest absolute Gasteiger partial charge is 0.416 e. The first-order valence-corrected chi connectivity index (χ1v) is 6.59. The highest BCUT2D eigenvalue weighted by atomic mass is 19.4. The molecule has 1 aliphatic heterocycles. The number of carbonyl (C=O) groups is 1. The van der Waals surface area contributed by atoms with Crippen LogP contribution in [0, 0.1) is 11.7 Å². The number of rotatable bonds is 3. The van der Waals surface area contributed by atoms with E-state index in [2.05, 4.69) is 5.32 Å². The van der Waals surface area contributed by atoms with Crippen molar-refractivity contribution in [2.24, 2.45) is 5.92 Å². The monoisotopic (exact) mass is 305 g/mol. The summed E-state index contributed by atoms with van der Waals surface area (Å²) in [7, 11) is 0. The van der Waals surface area contributed by atoms with E-state index < -0.39 is 29.6 Å². The molecule has 2 N–H and O–H groups in total. The molecule has 2 rings (SSSR count). The van der Waals surface area contributed by atoms with Gasteiger partial charge < -0.3 is 10.4 Å². The van der Waals surface area contributed by atoms with Crippen LogP contribution in [0.3, 0.4) is 0 Å². The van der Waals surface area contributed by atoms with Crippen molar-refractivity contribution in [1.82, 2.24) is 5.32 Å². The zero-order chi connectivity index (χ0) is 15.6. The maximum atomic E-state index is 13.9. The third-order valence-corrected chi connectivity index (χ3v) is 3.68. The molecule has 1 aromatic carbocycles. The fourth-order valence-corrected chi connectivity index (χ4v) is 2.65. The Kier molecular flexibility index (Phi) is 4.51. The molecule has 2 unspecified atom stereocenters. The van der Waals surface area contributed by atoms with Gasteiger partial charge >= 0.3 is 12.1 Å². The molecule has 0 aliphatic carbocycles. The molecule has 1 heterocycles. The van der Waals surface area contributed by atoms with Crippen LogP contribution >= 0.6 is 0 Å². The molecule has 1 aliphatic rings. The van der Waals surface area contributed by atoms with Gasteiger partial charge in [0.25, 0.3) is 0 Å². The zero-order valence-corrected chi connectivity index (χ0v) is 11.1. The second kappa shape index (κ2) is 6.01. The van der Waals surface area contributed by atoms with E-state index in [4.69, 9.17) is 5.11 Å². The predicted molar refractivity (Wildman–Crippen MR) is 67.1 cm³/mol. The van der Waals surface area contributed by atoms with Gasteiger partial charge in [0.1, 0.15) is 5.82 Å². The molecular weight excluding hydrogens is 290 g/mol. The number of carboxylic acids is 1. The van der Waals surface area contributed by atoms with Gasteiger partial charge in [-0.3, -0.25) is 4.79 Å². The third kappa shape index (κ3) is 3.93. The Balaban J connectivity index is 2.16. The first-order valence-electron chi connectivity index (χ1n) is 6.59. The highest BCUT2D eigenvalue weighted by Crippen LogP contribution is 2.34. The van der Waals surface area contributed by atoms with Crippen LogP contribution in [-0.2, 0) is 11.0 Å². The van der Waals surface area contributed by atoms with Crippen molar-refractivity contribution in [2.45, 2.75) is 31.5 Å². The van der Waals surface area contributed by atoms with Gasteiger partial charge in [0.05, 0.1) is 5.56 Å². The average Bonchev–Trinajstić information content (AvgIpc) is 2.37. The number of hydrogen-bond donors (Lipinski definition) is 2. The summed E-state index contributed by atoms with van der Waals surface area (Å²) < 4.78 is 51.4. The molecule has 1 aromatic rings. The largest absolute Gasteiger partial charge is 0.481 e. The zero-order valence-electron chi connectivity index (χ0n) is 11.1. The SMILES string of the molecule is O=C(O)CC1CCNC(c2ccc(C(F)(F)F)cc2F)C1. The number of aliphatic carboxylic acids is 1. The number of halogens is 4. The lowest BCUT2D eigenvalue weighted by atomic mass is 9.86. The van der Waals surface area contributed by atoms with Crippen LogP contribution in [0.25, 0.3) is 0 Å². The van der Waals surface area contributed by atoms with Crippen LogP contribution in [0.2, 0.25) is 0 Å². The van der Waals surface area contributed by atoms with Gasteiger partial charge in [-0.25, -0.2) is 4.39 Å². The first kappa shape index (κ1) is 15.8. The molecule has 0 aromatic heterocycles. The quantitative estimate of drug-likeness (QED) is 0.842. The summed E-state index contributed by atoms with van der Waals surface area (Å²) in [6.07, 6.45) is -3.54. The van der Waals surface area contributed by atoms with Gasteiger partial charge in [0.2, 0.25) is 0 Å². The van der Waals surface area contributed by atoms with Crippen LogP contribution < -0.4 is 5.32 Å². The van der Waals surface area contributed by atoms with Gasteiger partial charge in [0, 0.05) is 18.0 Å². The minimum absolute atomic E-state index is 0.0135. The number of benzene rings is 1. The Morgan fingerprint density at radius 1 is 1.38 bits per heavy atom. The normalized spacial score (nSPS) is 23.0. The van der Waals surface area contributed by atoms with Crippen molar-refractivity contribution < 1.29 is 27.5 Å². The van der Waals surface area contributed by atoms with Crippen LogP contribution in [0.5, 0.6) is 0 Å². The fraction of sp³-hybridized carbons (Fsp3) is 0.500. The highest BCUT2D eigenvalue weighted by Gasteiger charge is 2.32. The molecule has 0 spiro atoms. The Hall–Kier alpha value is -1.63. The van der Waals surface area contributed by atoms with Gasteiger partial charge in [-0.2, -0.15) is 13.2 Å². The fourth-order valence-electron chi connectivity index (χ4n) is 2.65. The molecule has 1 saturated heterocycles. The van der Waals surface area contributed by atoms with Crippen molar-refractivity contribution in [3.8, 4) is 0 Å². The number of nitrogens with one attached hydrogen (secondary N) is 1. The van der Waals surface area contributed by atoms with E-state index >= 15 is 0 Å². The molecular formula is C14H15F4NO2. The number of hydrogen-bond acceptors (Lipinski definition) is 2. The number of alkyl halides is 3. The minimum Gasteiger partial charge on any atom is -0.481 e. The Labute approximate surface area is 119 Å². The van der Waals surface area contributed by atoms with E-state index in [1.165, 1.54) is 0 Å². The van der Waals surface area contributed by atoms with Crippen LogP contribution in [0.15, 0.2) is 18.2 Å². The molecule has 116 valence electrons. The lowest BCUT2D eigenvalue weighted by Gasteiger charge is -2.30. The van der Waals surface area contributed by atoms with Gasteiger partial charge in [0.15, 0.2) is 0 Å². The summed E-state index contributed by atoms with van der Waals surface area (Å²) in [5.74, 6) is -1.94. The van der Waals surface area contributed by atoms with E-state index in [0.717, 1.165) is 12.1 Å². The Morgan fingerprint density at radius 3 is 2.67 bits per heavy atom. The predicted octanol–water partition coefficient (Wildman–Crippen LogP) is 3.36. The minimum atomic E-state index is -4.58. The van der Waals surface area contributed by atoms with E-state index in [1.54, 1.807) is 0 Å². The topological polar surface area (TPSA) is 49.3 Å². The molecule has 3 nitrogen and oxygen atoms in total. The summed E-state index contributed by atoms with van der Waals surface area (Å²) >= 11 is 0. The second-order valence-electron chi connectivity index (χ2n) is 5.23.